The standard InChI is InChI=1S/C17H27N3O2S.ClH/c1-19(2)23(21,22)15-8-6-13(7-9-15)10-20-11-14-4-3-5-17(18)16(14)12-20;/h6-9,14,16-17H,3-5,10-12,18H2,1-2H3;1H. The van der Waals surface area contributed by atoms with Gasteiger partial charge in [-0.05, 0) is 42.4 Å². The minimum absolute atomic E-state index is 0. The second-order valence-corrected chi connectivity index (χ2v) is 9.30. The first-order valence-corrected chi connectivity index (χ1v) is 9.81. The van der Waals surface area contributed by atoms with Crippen molar-refractivity contribution in [3.05, 3.63) is 29.8 Å². The van der Waals surface area contributed by atoms with Crippen molar-refractivity contribution in [2.24, 2.45) is 17.6 Å². The van der Waals surface area contributed by atoms with E-state index in [-0.39, 0.29) is 12.4 Å². The van der Waals surface area contributed by atoms with Crippen molar-refractivity contribution in [1.29, 1.82) is 0 Å². The van der Waals surface area contributed by atoms with Crippen molar-refractivity contribution in [2.75, 3.05) is 27.2 Å². The van der Waals surface area contributed by atoms with Gasteiger partial charge in [-0.1, -0.05) is 18.6 Å². The second-order valence-electron chi connectivity index (χ2n) is 7.14. The molecule has 1 aromatic carbocycles. The Balaban J connectivity index is 0.00000208. The molecule has 1 aliphatic carbocycles. The lowest BCUT2D eigenvalue weighted by atomic mass is 9.78. The summed E-state index contributed by atoms with van der Waals surface area (Å²) >= 11 is 0. The molecular formula is C17H28ClN3O2S. The molecule has 136 valence electrons. The van der Waals surface area contributed by atoms with Crippen molar-refractivity contribution >= 4 is 22.4 Å². The number of benzene rings is 1. The molecule has 1 heterocycles. The SMILES string of the molecule is CN(C)S(=O)(=O)c1ccc(CN2CC3CCCC(N)C3C2)cc1.Cl. The highest BCUT2D eigenvalue weighted by molar-refractivity contribution is 7.89. The number of fused-ring (bicyclic) bond motifs is 1. The van der Waals surface area contributed by atoms with E-state index < -0.39 is 10.0 Å². The summed E-state index contributed by atoms with van der Waals surface area (Å²) in [6, 6.07) is 7.63. The maximum atomic E-state index is 12.1. The molecule has 24 heavy (non-hydrogen) atoms. The van der Waals surface area contributed by atoms with Crippen LogP contribution in [-0.2, 0) is 16.6 Å². The fraction of sp³-hybridized carbons (Fsp3) is 0.647. The van der Waals surface area contributed by atoms with E-state index in [1.54, 1.807) is 26.2 Å². The highest BCUT2D eigenvalue weighted by atomic mass is 35.5. The van der Waals surface area contributed by atoms with E-state index in [1.807, 2.05) is 12.1 Å². The van der Waals surface area contributed by atoms with Gasteiger partial charge in [0.2, 0.25) is 10.0 Å². The van der Waals surface area contributed by atoms with Crippen LogP contribution >= 0.6 is 12.4 Å². The maximum absolute atomic E-state index is 12.1. The third-order valence-electron chi connectivity index (χ3n) is 5.34. The molecule has 3 unspecified atom stereocenters. The summed E-state index contributed by atoms with van der Waals surface area (Å²) in [5.41, 5.74) is 7.44. The third kappa shape index (κ3) is 3.94. The first-order chi connectivity index (χ1) is 10.9. The fourth-order valence-corrected chi connectivity index (χ4v) is 4.88. The van der Waals surface area contributed by atoms with Crippen LogP contribution in [0.3, 0.4) is 0 Å². The summed E-state index contributed by atoms with van der Waals surface area (Å²) in [5.74, 6) is 1.38. The van der Waals surface area contributed by atoms with Gasteiger partial charge in [-0.15, -0.1) is 12.4 Å². The molecule has 0 spiro atoms. The molecule has 2 fully saturated rings. The number of sulfonamides is 1. The Labute approximate surface area is 151 Å². The fourth-order valence-electron chi connectivity index (χ4n) is 3.97. The zero-order valence-electron chi connectivity index (χ0n) is 14.4. The first kappa shape index (κ1) is 19.7. The summed E-state index contributed by atoms with van der Waals surface area (Å²) in [7, 11) is -0.234. The molecule has 3 rings (SSSR count). The Kier molecular flexibility index (Phi) is 6.31. The van der Waals surface area contributed by atoms with Crippen LogP contribution in [0, 0.1) is 11.8 Å². The molecule has 1 aliphatic heterocycles. The molecule has 0 aromatic heterocycles. The Bertz CT molecular complexity index is 648. The van der Waals surface area contributed by atoms with Crippen LogP contribution in [0.2, 0.25) is 0 Å². The molecule has 3 atom stereocenters. The molecule has 1 aromatic rings. The molecule has 5 nitrogen and oxygen atoms in total. The van der Waals surface area contributed by atoms with E-state index in [1.165, 1.54) is 17.1 Å². The quantitative estimate of drug-likeness (QED) is 0.875. The van der Waals surface area contributed by atoms with Gasteiger partial charge in [-0.3, -0.25) is 4.90 Å². The zero-order chi connectivity index (χ0) is 16.6. The van der Waals surface area contributed by atoms with Crippen molar-refractivity contribution in [1.82, 2.24) is 9.21 Å². The summed E-state index contributed by atoms with van der Waals surface area (Å²) in [5, 5.41) is 0. The minimum Gasteiger partial charge on any atom is -0.327 e. The lowest BCUT2D eigenvalue weighted by molar-refractivity contribution is 0.259. The number of rotatable bonds is 4. The minimum atomic E-state index is -3.34. The van der Waals surface area contributed by atoms with Crippen molar-refractivity contribution in [2.45, 2.75) is 36.7 Å². The van der Waals surface area contributed by atoms with Crippen molar-refractivity contribution in [3.63, 3.8) is 0 Å². The van der Waals surface area contributed by atoms with E-state index in [9.17, 15) is 8.42 Å². The molecule has 1 saturated carbocycles. The Morgan fingerprint density at radius 1 is 1.17 bits per heavy atom. The molecule has 1 saturated heterocycles. The van der Waals surface area contributed by atoms with Crippen LogP contribution in [-0.4, -0.2) is 50.8 Å². The number of nitrogens with zero attached hydrogens (tertiary/aromatic N) is 2. The second kappa shape index (κ2) is 7.70. The first-order valence-electron chi connectivity index (χ1n) is 8.37. The van der Waals surface area contributed by atoms with E-state index in [2.05, 4.69) is 4.90 Å². The average molecular weight is 374 g/mol. The molecule has 7 heteroatoms. The van der Waals surface area contributed by atoms with Gasteiger partial charge >= 0.3 is 0 Å². The molecule has 2 aliphatic rings. The van der Waals surface area contributed by atoms with E-state index in [4.69, 9.17) is 5.73 Å². The average Bonchev–Trinajstić information content (AvgIpc) is 2.91. The Hall–Kier alpha value is -0.660. The number of hydrogen-bond donors (Lipinski definition) is 1. The molecule has 0 radical (unpaired) electrons. The zero-order valence-corrected chi connectivity index (χ0v) is 16.0. The summed E-state index contributed by atoms with van der Waals surface area (Å²) in [6.45, 7) is 3.07. The molecular weight excluding hydrogens is 346 g/mol. The molecule has 2 N–H and O–H groups in total. The number of halogens is 1. The normalized spacial score (nSPS) is 27.8. The van der Waals surface area contributed by atoms with Crippen LogP contribution in [0.4, 0.5) is 0 Å². The van der Waals surface area contributed by atoms with Gasteiger partial charge in [0.25, 0.3) is 0 Å². The lowest BCUT2D eigenvalue weighted by Gasteiger charge is -2.29. The van der Waals surface area contributed by atoms with Crippen LogP contribution in [0.1, 0.15) is 24.8 Å². The highest BCUT2D eigenvalue weighted by Crippen LogP contribution is 2.36. The predicted octanol–water partition coefficient (Wildman–Crippen LogP) is 1.92. The summed E-state index contributed by atoms with van der Waals surface area (Å²) in [6.07, 6.45) is 3.72. The van der Waals surface area contributed by atoms with E-state index >= 15 is 0 Å². The van der Waals surface area contributed by atoms with Gasteiger partial charge in [0.05, 0.1) is 4.90 Å². The van der Waals surface area contributed by atoms with Gasteiger partial charge in [-0.2, -0.15) is 0 Å². The Morgan fingerprint density at radius 3 is 2.42 bits per heavy atom. The maximum Gasteiger partial charge on any atom is 0.242 e. The largest absolute Gasteiger partial charge is 0.327 e. The van der Waals surface area contributed by atoms with E-state index in [0.717, 1.165) is 37.5 Å². The monoisotopic (exact) mass is 373 g/mol. The third-order valence-corrected chi connectivity index (χ3v) is 7.17. The van der Waals surface area contributed by atoms with Crippen molar-refractivity contribution in [3.8, 4) is 0 Å². The van der Waals surface area contributed by atoms with E-state index in [0.29, 0.717) is 16.9 Å². The van der Waals surface area contributed by atoms with Gasteiger partial charge in [0.15, 0.2) is 0 Å². The van der Waals surface area contributed by atoms with Gasteiger partial charge < -0.3 is 5.73 Å². The number of hydrogen-bond acceptors (Lipinski definition) is 4. The molecule has 0 bridgehead atoms. The lowest BCUT2D eigenvalue weighted by Crippen LogP contribution is -2.38. The summed E-state index contributed by atoms with van der Waals surface area (Å²) < 4.78 is 25.4. The number of nitrogens with two attached hydrogens (primary N) is 1. The highest BCUT2D eigenvalue weighted by Gasteiger charge is 2.38. The smallest absolute Gasteiger partial charge is 0.242 e. The van der Waals surface area contributed by atoms with Crippen LogP contribution < -0.4 is 5.73 Å². The van der Waals surface area contributed by atoms with Crippen LogP contribution in [0.25, 0.3) is 0 Å². The van der Waals surface area contributed by atoms with Crippen molar-refractivity contribution < 1.29 is 8.42 Å². The van der Waals surface area contributed by atoms with Gasteiger partial charge in [0.1, 0.15) is 0 Å². The van der Waals surface area contributed by atoms with Gasteiger partial charge in [-0.25, -0.2) is 12.7 Å². The Morgan fingerprint density at radius 2 is 1.83 bits per heavy atom. The molecule has 0 amide bonds. The van der Waals surface area contributed by atoms with Crippen LogP contribution in [0.15, 0.2) is 29.2 Å². The number of likely N-dealkylation sites (tertiary alicyclic amines) is 1. The topological polar surface area (TPSA) is 66.6 Å². The summed E-state index contributed by atoms with van der Waals surface area (Å²) in [4.78, 5) is 2.82. The van der Waals surface area contributed by atoms with Gasteiger partial charge in [0, 0.05) is 39.8 Å². The predicted molar refractivity (Wildman–Crippen MR) is 98.6 cm³/mol. The van der Waals surface area contributed by atoms with Crippen LogP contribution in [0.5, 0.6) is 0 Å².